The zero-order valence-corrected chi connectivity index (χ0v) is 24.3. The van der Waals surface area contributed by atoms with E-state index in [4.69, 9.17) is 9.47 Å². The van der Waals surface area contributed by atoms with E-state index >= 15 is 0 Å². The highest BCUT2D eigenvalue weighted by molar-refractivity contribution is 9.10. The highest BCUT2D eigenvalue weighted by Gasteiger charge is 2.43. The molecule has 0 saturated carbocycles. The van der Waals surface area contributed by atoms with Crippen LogP contribution in [0.5, 0.6) is 11.5 Å². The van der Waals surface area contributed by atoms with Crippen LogP contribution in [-0.4, -0.2) is 25.5 Å². The third-order valence-electron chi connectivity index (χ3n) is 6.96. The molecule has 0 bridgehead atoms. The van der Waals surface area contributed by atoms with Crippen molar-refractivity contribution in [2.45, 2.75) is 25.6 Å². The minimum absolute atomic E-state index is 0.0347. The van der Waals surface area contributed by atoms with Gasteiger partial charge in [-0.25, -0.2) is 0 Å². The van der Waals surface area contributed by atoms with E-state index in [0.717, 1.165) is 17.7 Å². The summed E-state index contributed by atoms with van der Waals surface area (Å²) >= 11 is 3.51. The molecule has 5 rings (SSSR count). The third kappa shape index (κ3) is 5.59. The van der Waals surface area contributed by atoms with Crippen LogP contribution in [0.1, 0.15) is 29.5 Å². The number of methoxy groups -OCH3 is 1. The normalized spacial score (nSPS) is 15.3. The number of carbonyl (C=O) groups excluding carboxylic acids is 2. The number of halogens is 4. The van der Waals surface area contributed by atoms with Crippen molar-refractivity contribution in [2.75, 3.05) is 23.5 Å². The number of benzene rings is 4. The molecule has 0 aromatic heterocycles. The number of fused-ring (bicyclic) bond motifs is 1. The summed E-state index contributed by atoms with van der Waals surface area (Å²) in [4.78, 5) is 31.0. The third-order valence-corrected chi connectivity index (χ3v) is 7.55. The van der Waals surface area contributed by atoms with Gasteiger partial charge < -0.3 is 14.4 Å². The summed E-state index contributed by atoms with van der Waals surface area (Å²) in [6.45, 7) is 2.08. The van der Waals surface area contributed by atoms with E-state index in [1.165, 1.54) is 23.0 Å². The van der Waals surface area contributed by atoms with E-state index in [1.807, 2.05) is 30.3 Å². The molecule has 0 aliphatic carbocycles. The number of hydrogen-bond acceptors (Lipinski definition) is 4. The van der Waals surface area contributed by atoms with Gasteiger partial charge in [-0.05, 0) is 76.4 Å². The maximum Gasteiger partial charge on any atom is 0.416 e. The molecule has 0 N–H and O–H groups in total. The number of rotatable bonds is 7. The Hall–Kier alpha value is -4.31. The molecular formula is C32H26BrF3N2O4. The van der Waals surface area contributed by atoms with Crippen molar-refractivity contribution in [1.29, 1.82) is 0 Å². The van der Waals surface area contributed by atoms with Crippen LogP contribution >= 0.6 is 15.9 Å². The van der Waals surface area contributed by atoms with Crippen molar-refractivity contribution < 1.29 is 32.2 Å². The molecule has 4 aromatic rings. The predicted octanol–water partition coefficient (Wildman–Crippen LogP) is 7.87. The first-order valence-electron chi connectivity index (χ1n) is 13.1. The second-order valence-corrected chi connectivity index (χ2v) is 10.4. The lowest BCUT2D eigenvalue weighted by Gasteiger charge is -2.26. The fourth-order valence-corrected chi connectivity index (χ4v) is 5.54. The Bertz CT molecular complexity index is 1610. The van der Waals surface area contributed by atoms with E-state index in [1.54, 1.807) is 49.4 Å². The number of alkyl halides is 3. The van der Waals surface area contributed by atoms with Gasteiger partial charge in [0.1, 0.15) is 12.5 Å². The van der Waals surface area contributed by atoms with Gasteiger partial charge in [0.15, 0.2) is 11.5 Å². The monoisotopic (exact) mass is 638 g/mol. The van der Waals surface area contributed by atoms with E-state index in [2.05, 4.69) is 15.9 Å². The summed E-state index contributed by atoms with van der Waals surface area (Å²) in [5, 5.41) is 0. The first-order valence-corrected chi connectivity index (χ1v) is 13.9. The summed E-state index contributed by atoms with van der Waals surface area (Å²) in [7, 11) is 1.45. The molecule has 1 aliphatic heterocycles. The number of likely N-dealkylation sites (N-methyl/N-ethyl adjacent to an activating group) is 1. The van der Waals surface area contributed by atoms with Crippen LogP contribution in [0.3, 0.4) is 0 Å². The minimum Gasteiger partial charge on any atom is -0.493 e. The summed E-state index contributed by atoms with van der Waals surface area (Å²) in [6, 6.07) is 24.1. The fraction of sp³-hybridized carbons (Fsp3) is 0.188. The Morgan fingerprint density at radius 2 is 1.52 bits per heavy atom. The van der Waals surface area contributed by atoms with E-state index in [0.29, 0.717) is 21.5 Å². The SMILES string of the molecule is CCN1C(=O)C(c2cc(Br)c(OCc3ccccc3)c(OC)c2)C(=O)N(c2ccccc2)c2cc(C(F)(F)F)ccc21. The van der Waals surface area contributed by atoms with Crippen LogP contribution in [0.4, 0.5) is 30.2 Å². The molecule has 1 heterocycles. The van der Waals surface area contributed by atoms with Gasteiger partial charge in [-0.1, -0.05) is 48.5 Å². The number of hydrogen-bond donors (Lipinski definition) is 0. The lowest BCUT2D eigenvalue weighted by atomic mass is 9.95. The van der Waals surface area contributed by atoms with Gasteiger partial charge in [-0.15, -0.1) is 0 Å². The second kappa shape index (κ2) is 11.9. The first kappa shape index (κ1) is 29.2. The van der Waals surface area contributed by atoms with Gasteiger partial charge in [0.25, 0.3) is 0 Å². The lowest BCUT2D eigenvalue weighted by molar-refractivity contribution is -0.137. The van der Waals surface area contributed by atoms with Crippen LogP contribution < -0.4 is 19.3 Å². The second-order valence-electron chi connectivity index (χ2n) is 9.53. The van der Waals surface area contributed by atoms with E-state index in [-0.39, 0.29) is 30.3 Å². The molecule has 42 heavy (non-hydrogen) atoms. The molecular weight excluding hydrogens is 613 g/mol. The quantitative estimate of drug-likeness (QED) is 0.193. The minimum atomic E-state index is -4.65. The number of nitrogens with zero attached hydrogens (tertiary/aromatic N) is 2. The molecule has 0 fully saturated rings. The van der Waals surface area contributed by atoms with E-state index < -0.39 is 29.5 Å². The Kier molecular flexibility index (Phi) is 8.27. The predicted molar refractivity (Wildman–Crippen MR) is 157 cm³/mol. The molecule has 10 heteroatoms. The molecule has 1 atom stereocenters. The van der Waals surface area contributed by atoms with Gasteiger partial charge in [-0.2, -0.15) is 13.2 Å². The van der Waals surface area contributed by atoms with Crippen molar-refractivity contribution in [1.82, 2.24) is 0 Å². The van der Waals surface area contributed by atoms with Crippen LogP contribution in [0.25, 0.3) is 0 Å². The summed E-state index contributed by atoms with van der Waals surface area (Å²) in [5.74, 6) is -2.00. The number of anilines is 3. The molecule has 0 saturated heterocycles. The van der Waals surface area contributed by atoms with Gasteiger partial charge in [-0.3, -0.25) is 14.5 Å². The average Bonchev–Trinajstić information content (AvgIpc) is 3.07. The van der Waals surface area contributed by atoms with Crippen molar-refractivity contribution in [2.24, 2.45) is 0 Å². The largest absolute Gasteiger partial charge is 0.493 e. The van der Waals surface area contributed by atoms with Crippen LogP contribution in [0.15, 0.2) is 95.5 Å². The number of ether oxygens (including phenoxy) is 2. The summed E-state index contributed by atoms with van der Waals surface area (Å²) in [5.41, 5.74) is 0.785. The molecule has 1 aliphatic rings. The molecule has 2 amide bonds. The number of carbonyl (C=O) groups is 2. The van der Waals surface area contributed by atoms with Crippen molar-refractivity contribution >= 4 is 44.8 Å². The Balaban J connectivity index is 1.64. The Morgan fingerprint density at radius 3 is 2.14 bits per heavy atom. The smallest absolute Gasteiger partial charge is 0.416 e. The highest BCUT2D eigenvalue weighted by atomic mass is 79.9. The molecule has 216 valence electrons. The van der Waals surface area contributed by atoms with Crippen molar-refractivity contribution in [3.63, 3.8) is 0 Å². The van der Waals surface area contributed by atoms with Crippen LogP contribution in [-0.2, 0) is 22.4 Å². The maximum atomic E-state index is 14.4. The van der Waals surface area contributed by atoms with Crippen LogP contribution in [0, 0.1) is 0 Å². The maximum absolute atomic E-state index is 14.4. The molecule has 0 spiro atoms. The van der Waals surface area contributed by atoms with Gasteiger partial charge in [0.2, 0.25) is 11.8 Å². The van der Waals surface area contributed by atoms with Crippen LogP contribution in [0.2, 0.25) is 0 Å². The Labute approximate surface area is 249 Å². The standard InChI is InChI=1S/C32H26BrF3N2O4/c1-3-37-25-15-14-22(32(34,35)36)18-26(25)38(23-12-8-5-9-13-23)31(40)28(30(37)39)21-16-24(33)29(27(17-21)41-2)42-19-20-10-6-4-7-11-20/h4-18,28H,3,19H2,1-2H3. The van der Waals surface area contributed by atoms with Crippen molar-refractivity contribution in [3.05, 3.63) is 112 Å². The molecule has 4 aromatic carbocycles. The lowest BCUT2D eigenvalue weighted by Crippen LogP contribution is -2.39. The number of amides is 2. The molecule has 6 nitrogen and oxygen atoms in total. The Morgan fingerprint density at radius 1 is 0.857 bits per heavy atom. The first-order chi connectivity index (χ1) is 20.1. The number of para-hydroxylation sites is 1. The zero-order valence-electron chi connectivity index (χ0n) is 22.7. The fourth-order valence-electron chi connectivity index (χ4n) is 4.97. The van der Waals surface area contributed by atoms with Gasteiger partial charge in [0.05, 0.1) is 28.5 Å². The summed E-state index contributed by atoms with van der Waals surface area (Å²) < 4.78 is 53.5. The topological polar surface area (TPSA) is 59.1 Å². The molecule has 0 radical (unpaired) electrons. The van der Waals surface area contributed by atoms with Crippen molar-refractivity contribution in [3.8, 4) is 11.5 Å². The van der Waals surface area contributed by atoms with Gasteiger partial charge in [0, 0.05) is 12.2 Å². The van der Waals surface area contributed by atoms with Gasteiger partial charge >= 0.3 is 6.18 Å². The highest BCUT2D eigenvalue weighted by Crippen LogP contribution is 2.46. The van der Waals surface area contributed by atoms with E-state index in [9.17, 15) is 22.8 Å². The zero-order chi connectivity index (χ0) is 30.0. The average molecular weight is 639 g/mol. The summed E-state index contributed by atoms with van der Waals surface area (Å²) in [6.07, 6.45) is -4.65. The molecule has 1 unspecified atom stereocenters.